The molecule has 2 aromatic carbocycles. The molecule has 2 aliphatic heterocycles. The third-order valence-electron chi connectivity index (χ3n) is 6.64. The van der Waals surface area contributed by atoms with Gasteiger partial charge in [-0.3, -0.25) is 4.79 Å². The summed E-state index contributed by atoms with van der Waals surface area (Å²) in [6.45, 7) is 2.47. The van der Waals surface area contributed by atoms with Gasteiger partial charge in [0.1, 0.15) is 0 Å². The molecule has 172 valence electrons. The van der Waals surface area contributed by atoms with Crippen molar-refractivity contribution < 1.29 is 17.9 Å². The number of amides is 1. The minimum absolute atomic E-state index is 0.0807. The van der Waals surface area contributed by atoms with E-state index in [-0.39, 0.29) is 28.7 Å². The van der Waals surface area contributed by atoms with E-state index in [9.17, 15) is 13.2 Å². The van der Waals surface area contributed by atoms with Crippen molar-refractivity contribution in [1.82, 2.24) is 9.62 Å². The van der Waals surface area contributed by atoms with Gasteiger partial charge < -0.3 is 10.1 Å². The zero-order valence-electron chi connectivity index (χ0n) is 18.0. The van der Waals surface area contributed by atoms with E-state index in [0.29, 0.717) is 44.2 Å². The maximum atomic E-state index is 13.1. The van der Waals surface area contributed by atoms with E-state index >= 15 is 0 Å². The Morgan fingerprint density at radius 3 is 2.47 bits per heavy atom. The van der Waals surface area contributed by atoms with Crippen molar-refractivity contribution in [3.8, 4) is 0 Å². The number of hydrogen-bond acceptors (Lipinski definition) is 4. The Morgan fingerprint density at radius 2 is 1.78 bits per heavy atom. The summed E-state index contributed by atoms with van der Waals surface area (Å²) < 4.78 is 33.1. The van der Waals surface area contributed by atoms with Crippen molar-refractivity contribution in [2.75, 3.05) is 32.8 Å². The minimum atomic E-state index is -3.66. The van der Waals surface area contributed by atoms with Gasteiger partial charge in [-0.2, -0.15) is 4.31 Å². The van der Waals surface area contributed by atoms with Crippen molar-refractivity contribution >= 4 is 27.5 Å². The van der Waals surface area contributed by atoms with Crippen LogP contribution >= 0.6 is 11.6 Å². The van der Waals surface area contributed by atoms with E-state index in [0.717, 1.165) is 12.8 Å². The third kappa shape index (κ3) is 5.01. The van der Waals surface area contributed by atoms with Gasteiger partial charge in [-0.15, -0.1) is 0 Å². The van der Waals surface area contributed by atoms with Gasteiger partial charge in [0.2, 0.25) is 15.9 Å². The number of nitrogens with one attached hydrogen (secondary N) is 1. The van der Waals surface area contributed by atoms with Gasteiger partial charge in [-0.05, 0) is 55.5 Å². The molecule has 2 heterocycles. The fourth-order valence-corrected chi connectivity index (χ4v) is 6.30. The van der Waals surface area contributed by atoms with Crippen LogP contribution in [-0.4, -0.2) is 51.5 Å². The maximum absolute atomic E-state index is 13.1. The molecule has 1 amide bonds. The molecule has 0 radical (unpaired) electrons. The van der Waals surface area contributed by atoms with Gasteiger partial charge in [0, 0.05) is 43.3 Å². The van der Waals surface area contributed by atoms with Crippen LogP contribution in [0, 0.1) is 5.92 Å². The number of sulfonamides is 1. The average molecular weight is 477 g/mol. The van der Waals surface area contributed by atoms with E-state index in [1.54, 1.807) is 12.1 Å². The van der Waals surface area contributed by atoms with Crippen LogP contribution in [0.5, 0.6) is 0 Å². The highest BCUT2D eigenvalue weighted by molar-refractivity contribution is 7.89. The highest BCUT2D eigenvalue weighted by atomic mass is 35.5. The number of carbonyl (C=O) groups excluding carboxylic acids is 1. The van der Waals surface area contributed by atoms with E-state index in [4.69, 9.17) is 16.3 Å². The lowest BCUT2D eigenvalue weighted by molar-refractivity contribution is -0.126. The lowest BCUT2D eigenvalue weighted by atomic mass is 9.74. The van der Waals surface area contributed by atoms with Gasteiger partial charge in [0.25, 0.3) is 0 Å². The first kappa shape index (κ1) is 23.2. The Morgan fingerprint density at radius 1 is 1.09 bits per heavy atom. The number of piperidine rings is 1. The summed E-state index contributed by atoms with van der Waals surface area (Å²) >= 11 is 5.90. The maximum Gasteiger partial charge on any atom is 0.243 e. The molecule has 32 heavy (non-hydrogen) atoms. The monoisotopic (exact) mass is 476 g/mol. The molecule has 2 saturated heterocycles. The number of halogens is 1. The Balaban J connectivity index is 1.43. The SMILES string of the molecule is O=C(NCC1(c2ccccc2)CCOCC1)[C@H]1CCCN(S(=O)(=O)c2ccc(Cl)cc2)C1. The Bertz CT molecular complexity index is 1020. The van der Waals surface area contributed by atoms with Gasteiger partial charge in [-0.25, -0.2) is 8.42 Å². The highest BCUT2D eigenvalue weighted by Gasteiger charge is 2.37. The fourth-order valence-electron chi connectivity index (χ4n) is 4.65. The van der Waals surface area contributed by atoms with Crippen LogP contribution in [0.3, 0.4) is 0 Å². The minimum Gasteiger partial charge on any atom is -0.381 e. The smallest absolute Gasteiger partial charge is 0.243 e. The molecule has 2 aromatic rings. The summed E-state index contributed by atoms with van der Waals surface area (Å²) in [6.07, 6.45) is 3.03. The Kier molecular flexibility index (Phi) is 7.20. The van der Waals surface area contributed by atoms with E-state index < -0.39 is 10.0 Å². The van der Waals surface area contributed by atoms with Crippen LogP contribution in [0.1, 0.15) is 31.2 Å². The van der Waals surface area contributed by atoms with Crippen LogP contribution in [-0.2, 0) is 25.0 Å². The van der Waals surface area contributed by atoms with E-state index in [2.05, 4.69) is 17.4 Å². The first-order valence-corrected chi connectivity index (χ1v) is 12.9. The van der Waals surface area contributed by atoms with Gasteiger partial charge >= 0.3 is 0 Å². The molecule has 4 rings (SSSR count). The molecule has 6 nitrogen and oxygen atoms in total. The standard InChI is InChI=1S/C24H29ClN2O4S/c25-21-8-10-22(11-9-21)32(29,30)27-14-4-5-19(17-27)23(28)26-18-24(12-15-31-16-13-24)20-6-2-1-3-7-20/h1-3,6-11,19H,4-5,12-18H2,(H,26,28)/t19-/m0/s1. The lowest BCUT2D eigenvalue weighted by Gasteiger charge is -2.38. The molecule has 0 aliphatic carbocycles. The summed E-state index contributed by atoms with van der Waals surface area (Å²) in [6, 6.07) is 16.4. The van der Waals surface area contributed by atoms with Crippen molar-refractivity contribution in [1.29, 1.82) is 0 Å². The quantitative estimate of drug-likeness (QED) is 0.691. The highest BCUT2D eigenvalue weighted by Crippen LogP contribution is 2.34. The summed E-state index contributed by atoms with van der Waals surface area (Å²) in [4.78, 5) is 13.3. The molecular formula is C24H29ClN2O4S. The molecule has 2 aliphatic rings. The van der Waals surface area contributed by atoms with Crippen molar-refractivity contribution in [2.24, 2.45) is 5.92 Å². The predicted molar refractivity (Wildman–Crippen MR) is 124 cm³/mol. The molecule has 0 spiro atoms. The summed E-state index contributed by atoms with van der Waals surface area (Å²) in [5.41, 5.74) is 1.05. The number of ether oxygens (including phenoxy) is 1. The van der Waals surface area contributed by atoms with Gasteiger partial charge in [-0.1, -0.05) is 41.9 Å². The normalized spacial score (nSPS) is 21.7. The summed E-state index contributed by atoms with van der Waals surface area (Å²) in [5, 5.41) is 3.63. The van der Waals surface area contributed by atoms with E-state index in [1.807, 2.05) is 18.2 Å². The number of rotatable bonds is 6. The first-order valence-electron chi connectivity index (χ1n) is 11.1. The van der Waals surface area contributed by atoms with Gasteiger partial charge in [0.05, 0.1) is 10.8 Å². The number of carbonyl (C=O) groups is 1. The zero-order chi connectivity index (χ0) is 22.6. The average Bonchev–Trinajstić information content (AvgIpc) is 2.84. The topological polar surface area (TPSA) is 75.7 Å². The number of nitrogens with zero attached hydrogens (tertiary/aromatic N) is 1. The van der Waals surface area contributed by atoms with Gasteiger partial charge in [0.15, 0.2) is 0 Å². The third-order valence-corrected chi connectivity index (χ3v) is 8.77. The summed E-state index contributed by atoms with van der Waals surface area (Å²) in [7, 11) is -3.66. The van der Waals surface area contributed by atoms with Crippen molar-refractivity contribution in [2.45, 2.75) is 36.0 Å². The molecule has 0 saturated carbocycles. The van der Waals surface area contributed by atoms with Crippen molar-refractivity contribution in [3.63, 3.8) is 0 Å². The molecular weight excluding hydrogens is 448 g/mol. The summed E-state index contributed by atoms with van der Waals surface area (Å²) in [5.74, 6) is -0.443. The molecule has 2 fully saturated rings. The second-order valence-corrected chi connectivity index (χ2v) is 11.0. The van der Waals surface area contributed by atoms with Crippen LogP contribution in [0.25, 0.3) is 0 Å². The second kappa shape index (κ2) is 9.91. The number of benzene rings is 2. The van der Waals surface area contributed by atoms with Crippen LogP contribution in [0.15, 0.2) is 59.5 Å². The van der Waals surface area contributed by atoms with Crippen LogP contribution < -0.4 is 5.32 Å². The van der Waals surface area contributed by atoms with Crippen LogP contribution in [0.2, 0.25) is 5.02 Å². The molecule has 1 N–H and O–H groups in total. The Hall–Kier alpha value is -1.93. The largest absolute Gasteiger partial charge is 0.381 e. The zero-order valence-corrected chi connectivity index (χ0v) is 19.6. The van der Waals surface area contributed by atoms with E-state index in [1.165, 1.54) is 22.0 Å². The molecule has 8 heteroatoms. The molecule has 1 atom stereocenters. The molecule has 0 aromatic heterocycles. The van der Waals surface area contributed by atoms with Crippen molar-refractivity contribution in [3.05, 3.63) is 65.2 Å². The predicted octanol–water partition coefficient (Wildman–Crippen LogP) is 3.61. The fraction of sp³-hybridized carbons (Fsp3) is 0.458. The van der Waals surface area contributed by atoms with Crippen LogP contribution in [0.4, 0.5) is 0 Å². The number of hydrogen-bond donors (Lipinski definition) is 1. The second-order valence-electron chi connectivity index (χ2n) is 8.63. The molecule has 0 unspecified atom stereocenters. The first-order chi connectivity index (χ1) is 15.4. The lowest BCUT2D eigenvalue weighted by Crippen LogP contribution is -2.49. The Labute approximate surface area is 195 Å². The molecule has 0 bridgehead atoms.